The number of rotatable bonds is 0. The van der Waals surface area contributed by atoms with Crippen molar-refractivity contribution in [2.75, 3.05) is 0 Å². The molecule has 114 valence electrons. The smallest absolute Gasteiger partial charge is 0.0440 e. The first-order chi connectivity index (χ1) is 12.4. The molecule has 0 saturated heterocycles. The van der Waals surface area contributed by atoms with Gasteiger partial charge in [0, 0.05) is 26.1 Å². The molecule has 0 aliphatic heterocycles. The Morgan fingerprint density at radius 1 is 0.560 bits per heavy atom. The maximum Gasteiger partial charge on any atom is 0.0440 e. The summed E-state index contributed by atoms with van der Waals surface area (Å²) in [5.74, 6) is 0. The molecule has 0 unspecified atom stereocenters. The second-order valence-corrected chi connectivity index (χ2v) is 8.01. The van der Waals surface area contributed by atoms with Gasteiger partial charge in [0.25, 0.3) is 0 Å². The summed E-state index contributed by atoms with van der Waals surface area (Å²) in [6.45, 7) is 0. The third kappa shape index (κ3) is 1.33. The van der Waals surface area contributed by atoms with E-state index in [1.807, 2.05) is 11.3 Å². The molecular weight excluding hydrogens is 320 g/mol. The molecule has 0 saturated carbocycles. The molecular formula is C24H12S. The number of hydrogen-bond acceptors (Lipinski definition) is 1. The van der Waals surface area contributed by atoms with Crippen molar-refractivity contribution in [3.8, 4) is 21.6 Å². The summed E-state index contributed by atoms with van der Waals surface area (Å²) in [6.07, 6.45) is 0. The highest BCUT2D eigenvalue weighted by atomic mass is 32.1. The lowest BCUT2D eigenvalue weighted by Gasteiger charge is -2.13. The first-order valence-corrected chi connectivity index (χ1v) is 9.44. The highest BCUT2D eigenvalue weighted by Crippen LogP contribution is 2.56. The van der Waals surface area contributed by atoms with Crippen molar-refractivity contribution in [2.24, 2.45) is 0 Å². The monoisotopic (exact) mass is 332 g/mol. The Morgan fingerprint density at radius 2 is 1.36 bits per heavy atom. The van der Waals surface area contributed by atoms with Crippen molar-refractivity contribution in [3.63, 3.8) is 0 Å². The van der Waals surface area contributed by atoms with Crippen LogP contribution in [0.3, 0.4) is 0 Å². The molecule has 25 heavy (non-hydrogen) atoms. The van der Waals surface area contributed by atoms with Crippen LogP contribution in [-0.2, 0) is 0 Å². The fourth-order valence-electron chi connectivity index (χ4n) is 4.74. The minimum atomic E-state index is 1.34. The van der Waals surface area contributed by atoms with Gasteiger partial charge in [-0.15, -0.1) is 11.3 Å². The molecule has 1 heterocycles. The Labute approximate surface area is 148 Å². The average molecular weight is 332 g/mol. The molecule has 1 heteroatoms. The summed E-state index contributed by atoms with van der Waals surface area (Å²) < 4.78 is 1.39. The van der Waals surface area contributed by atoms with Crippen molar-refractivity contribution in [1.82, 2.24) is 0 Å². The molecule has 0 amide bonds. The second kappa shape index (κ2) is 4.01. The van der Waals surface area contributed by atoms with Crippen molar-refractivity contribution in [3.05, 3.63) is 72.8 Å². The minimum absolute atomic E-state index is 1.34. The third-order valence-corrected chi connectivity index (χ3v) is 6.94. The molecule has 0 spiro atoms. The van der Waals surface area contributed by atoms with E-state index in [4.69, 9.17) is 0 Å². The minimum Gasteiger partial charge on any atom is -0.135 e. The molecule has 0 bridgehead atoms. The van der Waals surface area contributed by atoms with Gasteiger partial charge in [0.15, 0.2) is 0 Å². The Kier molecular flexibility index (Phi) is 2.00. The van der Waals surface area contributed by atoms with Crippen LogP contribution in [0.5, 0.6) is 0 Å². The summed E-state index contributed by atoms with van der Waals surface area (Å²) in [7, 11) is 0. The Bertz CT molecular complexity index is 1480. The number of hydrogen-bond donors (Lipinski definition) is 0. The second-order valence-electron chi connectivity index (χ2n) is 6.96. The van der Waals surface area contributed by atoms with Crippen LogP contribution in [-0.4, -0.2) is 0 Å². The van der Waals surface area contributed by atoms with Crippen molar-refractivity contribution in [2.45, 2.75) is 0 Å². The predicted molar refractivity (Wildman–Crippen MR) is 110 cm³/mol. The molecule has 6 aromatic rings. The average Bonchev–Trinajstić information content (AvgIpc) is 3.18. The van der Waals surface area contributed by atoms with E-state index < -0.39 is 0 Å². The third-order valence-electron chi connectivity index (χ3n) is 5.74. The summed E-state index contributed by atoms with van der Waals surface area (Å²) in [6, 6.07) is 27.1. The van der Waals surface area contributed by atoms with E-state index in [9.17, 15) is 0 Å². The zero-order chi connectivity index (χ0) is 16.1. The Balaban J connectivity index is 1.83. The van der Waals surface area contributed by atoms with Gasteiger partial charge in [-0.25, -0.2) is 0 Å². The van der Waals surface area contributed by atoms with Gasteiger partial charge in [0.1, 0.15) is 0 Å². The lowest BCUT2D eigenvalue weighted by molar-refractivity contribution is 1.79. The number of fused-ring (bicyclic) bond motifs is 5. The lowest BCUT2D eigenvalue weighted by atomic mass is 9.91. The van der Waals surface area contributed by atoms with E-state index in [0.717, 1.165) is 0 Å². The van der Waals surface area contributed by atoms with Gasteiger partial charge in [-0.2, -0.15) is 0 Å². The maximum atomic E-state index is 2.41. The molecule has 1 aliphatic rings. The molecule has 0 atom stereocenters. The summed E-state index contributed by atoms with van der Waals surface area (Å²) >= 11 is 1.93. The first-order valence-electron chi connectivity index (χ1n) is 8.63. The van der Waals surface area contributed by atoms with Gasteiger partial charge < -0.3 is 0 Å². The molecule has 0 N–H and O–H groups in total. The lowest BCUT2D eigenvalue weighted by Crippen LogP contribution is -1.85. The van der Waals surface area contributed by atoms with Gasteiger partial charge >= 0.3 is 0 Å². The van der Waals surface area contributed by atoms with Crippen LogP contribution in [0.1, 0.15) is 0 Å². The normalized spacial score (nSPS) is 12.8. The molecule has 7 rings (SSSR count). The van der Waals surface area contributed by atoms with Gasteiger partial charge in [0.05, 0.1) is 0 Å². The zero-order valence-corrected chi connectivity index (χ0v) is 14.2. The van der Waals surface area contributed by atoms with Crippen LogP contribution < -0.4 is 0 Å². The standard InChI is InChI=1S/C24H12S/c1-2-7-19-16(6-1)23-17-11-10-14-9-8-13-4-3-5-15-12-18(24(23)25-19)22(17)21(14)20(13)15/h1-12H. The zero-order valence-electron chi connectivity index (χ0n) is 13.3. The van der Waals surface area contributed by atoms with Gasteiger partial charge in [-0.1, -0.05) is 60.7 Å². The van der Waals surface area contributed by atoms with Gasteiger partial charge in [0.2, 0.25) is 0 Å². The summed E-state index contributed by atoms with van der Waals surface area (Å²) in [5, 5.41) is 9.75. The Morgan fingerprint density at radius 3 is 2.32 bits per heavy atom. The summed E-state index contributed by atoms with van der Waals surface area (Å²) in [5.41, 5.74) is 4.27. The summed E-state index contributed by atoms with van der Waals surface area (Å²) in [4.78, 5) is 1.44. The van der Waals surface area contributed by atoms with E-state index in [0.29, 0.717) is 0 Å². The van der Waals surface area contributed by atoms with Crippen molar-refractivity contribution in [1.29, 1.82) is 0 Å². The van der Waals surface area contributed by atoms with Crippen LogP contribution >= 0.6 is 11.3 Å². The van der Waals surface area contributed by atoms with E-state index in [-0.39, 0.29) is 0 Å². The number of thiophene rings is 1. The fraction of sp³-hybridized carbons (Fsp3) is 0. The molecule has 0 fully saturated rings. The highest BCUT2D eigenvalue weighted by Gasteiger charge is 2.27. The van der Waals surface area contributed by atoms with Gasteiger partial charge in [-0.3, -0.25) is 0 Å². The SMILES string of the molecule is c1cc2ccc3ccc4c5c(cc(c1)c2c35)-c1sc2ccccc2c1-4. The van der Waals surface area contributed by atoms with E-state index in [1.165, 1.54) is 64.0 Å². The number of benzene rings is 5. The van der Waals surface area contributed by atoms with Crippen LogP contribution in [0.15, 0.2) is 72.8 Å². The molecule has 1 aliphatic carbocycles. The van der Waals surface area contributed by atoms with Crippen LogP contribution in [0.4, 0.5) is 0 Å². The maximum absolute atomic E-state index is 2.41. The van der Waals surface area contributed by atoms with E-state index in [2.05, 4.69) is 72.8 Å². The van der Waals surface area contributed by atoms with Crippen LogP contribution in [0.25, 0.3) is 64.0 Å². The largest absolute Gasteiger partial charge is 0.135 e. The van der Waals surface area contributed by atoms with E-state index >= 15 is 0 Å². The van der Waals surface area contributed by atoms with Crippen molar-refractivity contribution >= 4 is 53.7 Å². The van der Waals surface area contributed by atoms with E-state index in [1.54, 1.807) is 0 Å². The molecule has 0 radical (unpaired) electrons. The predicted octanol–water partition coefficient (Wildman–Crippen LogP) is 7.45. The topological polar surface area (TPSA) is 0 Å². The van der Waals surface area contributed by atoms with Crippen LogP contribution in [0.2, 0.25) is 0 Å². The fourth-order valence-corrected chi connectivity index (χ4v) is 5.98. The van der Waals surface area contributed by atoms with Crippen LogP contribution in [0, 0.1) is 0 Å². The van der Waals surface area contributed by atoms with Gasteiger partial charge in [-0.05, 0) is 50.0 Å². The first kappa shape index (κ1) is 12.5. The molecule has 5 aromatic carbocycles. The Hall–Kier alpha value is -2.90. The van der Waals surface area contributed by atoms with Crippen molar-refractivity contribution < 1.29 is 0 Å². The molecule has 0 nitrogen and oxygen atoms in total. The highest BCUT2D eigenvalue weighted by molar-refractivity contribution is 7.23. The molecule has 1 aromatic heterocycles. The quantitative estimate of drug-likeness (QED) is 0.253.